The summed E-state index contributed by atoms with van der Waals surface area (Å²) in [6.45, 7) is 6.23. The third-order valence-corrected chi connectivity index (χ3v) is 4.49. The van der Waals surface area contributed by atoms with Crippen molar-refractivity contribution in [3.8, 4) is 0 Å². The van der Waals surface area contributed by atoms with Gasteiger partial charge in [-0.2, -0.15) is 0 Å². The molecule has 0 aliphatic rings. The van der Waals surface area contributed by atoms with Crippen molar-refractivity contribution >= 4 is 41.6 Å². The number of halogens is 2. The Bertz CT molecular complexity index is 859. The average molecular weight is 419 g/mol. The standard InChI is InChI=1S/C22H24Cl2N2O2/c1-22(2,3)13-18(11-16-9-10-17(23)12-19(16)24)26-21(28)20(25-14-27)15-7-5-4-6-8-15/h4-12,14,20H,13H2,1-3H3,(H,25,27)(H,26,28)/b18-11-. The van der Waals surface area contributed by atoms with E-state index in [0.717, 1.165) is 5.56 Å². The summed E-state index contributed by atoms with van der Waals surface area (Å²) in [6, 6.07) is 13.5. The van der Waals surface area contributed by atoms with Gasteiger partial charge in [0, 0.05) is 15.7 Å². The summed E-state index contributed by atoms with van der Waals surface area (Å²) in [6.07, 6.45) is 2.98. The number of rotatable bonds is 7. The lowest BCUT2D eigenvalue weighted by Crippen LogP contribution is -2.37. The molecule has 2 aromatic rings. The van der Waals surface area contributed by atoms with Gasteiger partial charge in [0.25, 0.3) is 5.91 Å². The highest BCUT2D eigenvalue weighted by molar-refractivity contribution is 6.35. The van der Waals surface area contributed by atoms with Crippen LogP contribution in [0.25, 0.3) is 6.08 Å². The van der Waals surface area contributed by atoms with Gasteiger partial charge in [0.2, 0.25) is 6.41 Å². The van der Waals surface area contributed by atoms with Gasteiger partial charge in [0.1, 0.15) is 6.04 Å². The maximum Gasteiger partial charge on any atom is 0.251 e. The molecule has 0 spiro atoms. The number of benzene rings is 2. The molecule has 2 amide bonds. The van der Waals surface area contributed by atoms with Gasteiger partial charge >= 0.3 is 0 Å². The molecule has 0 aromatic heterocycles. The lowest BCUT2D eigenvalue weighted by atomic mass is 9.89. The van der Waals surface area contributed by atoms with E-state index < -0.39 is 6.04 Å². The predicted molar refractivity (Wildman–Crippen MR) is 115 cm³/mol. The first-order chi connectivity index (χ1) is 13.2. The first kappa shape index (κ1) is 22.0. The van der Waals surface area contributed by atoms with Gasteiger partial charge in [-0.3, -0.25) is 9.59 Å². The van der Waals surface area contributed by atoms with Crippen LogP contribution >= 0.6 is 23.2 Å². The van der Waals surface area contributed by atoms with Crippen LogP contribution < -0.4 is 10.6 Å². The maximum atomic E-state index is 12.9. The first-order valence-corrected chi connectivity index (χ1v) is 9.66. The molecule has 148 valence electrons. The van der Waals surface area contributed by atoms with Crippen LogP contribution in [-0.2, 0) is 9.59 Å². The van der Waals surface area contributed by atoms with Gasteiger partial charge < -0.3 is 10.6 Å². The Balaban J connectivity index is 2.34. The summed E-state index contributed by atoms with van der Waals surface area (Å²) in [7, 11) is 0. The van der Waals surface area contributed by atoms with Crippen LogP contribution in [0.15, 0.2) is 54.2 Å². The van der Waals surface area contributed by atoms with E-state index in [2.05, 4.69) is 31.4 Å². The molecule has 2 rings (SSSR count). The first-order valence-electron chi connectivity index (χ1n) is 8.91. The number of allylic oxidation sites excluding steroid dienone is 1. The predicted octanol–water partition coefficient (Wildman–Crippen LogP) is 5.37. The number of amides is 2. The van der Waals surface area contributed by atoms with Gasteiger partial charge in [-0.25, -0.2) is 0 Å². The van der Waals surface area contributed by atoms with E-state index in [1.807, 2.05) is 24.3 Å². The van der Waals surface area contributed by atoms with E-state index in [1.54, 1.807) is 30.3 Å². The summed E-state index contributed by atoms with van der Waals surface area (Å²) < 4.78 is 0. The van der Waals surface area contributed by atoms with E-state index in [9.17, 15) is 9.59 Å². The normalized spacial score (nSPS) is 13.0. The summed E-state index contributed by atoms with van der Waals surface area (Å²) in [4.78, 5) is 24.0. The Labute approximate surface area is 175 Å². The van der Waals surface area contributed by atoms with Crippen molar-refractivity contribution in [1.29, 1.82) is 0 Å². The van der Waals surface area contributed by atoms with Gasteiger partial charge in [-0.15, -0.1) is 0 Å². The fourth-order valence-corrected chi connectivity index (χ4v) is 3.24. The van der Waals surface area contributed by atoms with E-state index in [1.165, 1.54) is 0 Å². The van der Waals surface area contributed by atoms with Crippen molar-refractivity contribution in [2.24, 2.45) is 5.41 Å². The average Bonchev–Trinajstić information content (AvgIpc) is 2.61. The van der Waals surface area contributed by atoms with Crippen LogP contribution in [0.1, 0.15) is 44.4 Å². The smallest absolute Gasteiger partial charge is 0.251 e. The zero-order valence-corrected chi connectivity index (χ0v) is 17.6. The minimum Gasteiger partial charge on any atom is -0.343 e. The van der Waals surface area contributed by atoms with Crippen LogP contribution in [0.2, 0.25) is 10.0 Å². The largest absolute Gasteiger partial charge is 0.343 e. The number of nitrogens with one attached hydrogen (secondary N) is 2. The van der Waals surface area contributed by atoms with Gasteiger partial charge in [-0.1, -0.05) is 80.4 Å². The molecule has 0 fully saturated rings. The van der Waals surface area contributed by atoms with E-state index in [4.69, 9.17) is 23.2 Å². The van der Waals surface area contributed by atoms with Crippen molar-refractivity contribution in [2.45, 2.75) is 33.2 Å². The highest BCUT2D eigenvalue weighted by Gasteiger charge is 2.22. The molecule has 0 aliphatic heterocycles. The van der Waals surface area contributed by atoms with Crippen molar-refractivity contribution in [1.82, 2.24) is 10.6 Å². The molecule has 6 heteroatoms. The molecular weight excluding hydrogens is 395 g/mol. The Morgan fingerprint density at radius 2 is 1.79 bits per heavy atom. The lowest BCUT2D eigenvalue weighted by Gasteiger charge is -2.23. The molecular formula is C22H24Cl2N2O2. The molecule has 2 N–H and O–H groups in total. The Kier molecular flexibility index (Phi) is 7.67. The Morgan fingerprint density at radius 1 is 1.11 bits per heavy atom. The van der Waals surface area contributed by atoms with Gasteiger partial charge in [0.15, 0.2) is 0 Å². The molecule has 0 aliphatic carbocycles. The fraction of sp³-hybridized carbons (Fsp3) is 0.273. The highest BCUT2D eigenvalue weighted by Crippen LogP contribution is 2.28. The quantitative estimate of drug-likeness (QED) is 0.593. The van der Waals surface area contributed by atoms with E-state index in [-0.39, 0.29) is 11.3 Å². The van der Waals surface area contributed by atoms with Crippen LogP contribution in [0.3, 0.4) is 0 Å². The molecule has 0 saturated heterocycles. The molecule has 1 atom stereocenters. The van der Waals surface area contributed by atoms with Crippen molar-refractivity contribution < 1.29 is 9.59 Å². The third-order valence-electron chi connectivity index (χ3n) is 3.93. The highest BCUT2D eigenvalue weighted by atomic mass is 35.5. The minimum absolute atomic E-state index is 0.0711. The molecule has 2 aromatic carbocycles. The molecule has 0 bridgehead atoms. The zero-order chi connectivity index (χ0) is 20.7. The molecule has 1 unspecified atom stereocenters. The van der Waals surface area contributed by atoms with Gasteiger partial charge in [-0.05, 0) is 41.2 Å². The van der Waals surface area contributed by atoms with Crippen LogP contribution in [0, 0.1) is 5.41 Å². The van der Waals surface area contributed by atoms with Crippen molar-refractivity contribution in [3.05, 3.63) is 75.4 Å². The third kappa shape index (κ3) is 6.70. The van der Waals surface area contributed by atoms with Crippen molar-refractivity contribution in [2.75, 3.05) is 0 Å². The topological polar surface area (TPSA) is 58.2 Å². The summed E-state index contributed by atoms with van der Waals surface area (Å²) in [5, 5.41) is 6.59. The molecule has 4 nitrogen and oxygen atoms in total. The van der Waals surface area contributed by atoms with Crippen molar-refractivity contribution in [3.63, 3.8) is 0 Å². The zero-order valence-electron chi connectivity index (χ0n) is 16.1. The molecule has 0 saturated carbocycles. The second kappa shape index (κ2) is 9.76. The van der Waals surface area contributed by atoms with E-state index in [0.29, 0.717) is 34.1 Å². The van der Waals surface area contributed by atoms with E-state index >= 15 is 0 Å². The molecule has 0 radical (unpaired) electrons. The Hall–Kier alpha value is -2.30. The summed E-state index contributed by atoms with van der Waals surface area (Å²) in [5.74, 6) is -0.320. The monoisotopic (exact) mass is 418 g/mol. The lowest BCUT2D eigenvalue weighted by molar-refractivity contribution is -0.125. The van der Waals surface area contributed by atoms with Crippen LogP contribution in [0.5, 0.6) is 0 Å². The number of hydrogen-bond acceptors (Lipinski definition) is 2. The Morgan fingerprint density at radius 3 is 2.36 bits per heavy atom. The molecule has 28 heavy (non-hydrogen) atoms. The number of carbonyl (C=O) groups is 2. The maximum absolute atomic E-state index is 12.9. The second-order valence-electron chi connectivity index (χ2n) is 7.69. The van der Waals surface area contributed by atoms with Crippen LogP contribution in [-0.4, -0.2) is 12.3 Å². The number of hydrogen-bond donors (Lipinski definition) is 2. The van der Waals surface area contributed by atoms with Crippen LogP contribution in [0.4, 0.5) is 0 Å². The minimum atomic E-state index is -0.789. The second-order valence-corrected chi connectivity index (χ2v) is 8.53. The summed E-state index contributed by atoms with van der Waals surface area (Å²) >= 11 is 12.3. The SMILES string of the molecule is CC(C)(C)C/C(=C/c1ccc(Cl)cc1Cl)NC(=O)C(NC=O)c1ccccc1. The fourth-order valence-electron chi connectivity index (χ4n) is 2.78. The molecule has 0 heterocycles. The summed E-state index contributed by atoms with van der Waals surface area (Å²) in [5.41, 5.74) is 2.09. The number of carbonyl (C=O) groups excluding carboxylic acids is 2. The van der Waals surface area contributed by atoms with Gasteiger partial charge in [0.05, 0.1) is 0 Å².